The molecule has 1 aromatic carbocycles. The fraction of sp³-hybridized carbons (Fsp3) is 0.357. The van der Waals surface area contributed by atoms with Gasteiger partial charge >= 0.3 is 12.0 Å². The Morgan fingerprint density at radius 2 is 2.14 bits per heavy atom. The van der Waals surface area contributed by atoms with Crippen molar-refractivity contribution in [3.63, 3.8) is 0 Å². The SMILES string of the molecule is CC(OC(=O)Cc1ccccc1Cl)C(=O)N1CCNC1=O. The monoisotopic (exact) mass is 310 g/mol. The van der Waals surface area contributed by atoms with Crippen LogP contribution in [0.3, 0.4) is 0 Å². The van der Waals surface area contributed by atoms with Crippen molar-refractivity contribution in [3.8, 4) is 0 Å². The molecule has 0 radical (unpaired) electrons. The number of nitrogens with one attached hydrogen (secondary N) is 1. The Morgan fingerprint density at radius 3 is 2.76 bits per heavy atom. The summed E-state index contributed by atoms with van der Waals surface area (Å²) in [6, 6.07) is 6.44. The maximum atomic E-state index is 12.0. The minimum atomic E-state index is -1.01. The van der Waals surface area contributed by atoms with E-state index in [0.29, 0.717) is 17.1 Å². The van der Waals surface area contributed by atoms with Gasteiger partial charge in [-0.1, -0.05) is 29.8 Å². The molecule has 1 saturated heterocycles. The van der Waals surface area contributed by atoms with Gasteiger partial charge in [-0.05, 0) is 18.6 Å². The second kappa shape index (κ2) is 6.58. The number of amides is 3. The molecule has 7 heteroatoms. The molecule has 1 aliphatic heterocycles. The van der Waals surface area contributed by atoms with E-state index in [1.54, 1.807) is 24.3 Å². The van der Waals surface area contributed by atoms with Crippen LogP contribution in [-0.2, 0) is 20.7 Å². The normalized spacial score (nSPS) is 15.5. The molecule has 6 nitrogen and oxygen atoms in total. The van der Waals surface area contributed by atoms with Gasteiger partial charge in [-0.2, -0.15) is 0 Å². The highest BCUT2D eigenvalue weighted by Gasteiger charge is 2.31. The maximum absolute atomic E-state index is 12.0. The van der Waals surface area contributed by atoms with Crippen molar-refractivity contribution in [2.24, 2.45) is 0 Å². The summed E-state index contributed by atoms with van der Waals surface area (Å²) in [5.41, 5.74) is 0.628. The van der Waals surface area contributed by atoms with Gasteiger partial charge in [0.1, 0.15) is 0 Å². The van der Waals surface area contributed by atoms with Gasteiger partial charge in [0.2, 0.25) is 0 Å². The van der Waals surface area contributed by atoms with Gasteiger partial charge < -0.3 is 10.1 Å². The minimum absolute atomic E-state index is 0.0243. The topological polar surface area (TPSA) is 75.7 Å². The van der Waals surface area contributed by atoms with Crippen LogP contribution in [0, 0.1) is 0 Å². The number of nitrogens with zero attached hydrogens (tertiary/aromatic N) is 1. The zero-order valence-corrected chi connectivity index (χ0v) is 12.2. The highest BCUT2D eigenvalue weighted by Crippen LogP contribution is 2.16. The largest absolute Gasteiger partial charge is 0.452 e. The van der Waals surface area contributed by atoms with Crippen molar-refractivity contribution in [1.29, 1.82) is 0 Å². The van der Waals surface area contributed by atoms with Gasteiger partial charge in [0.15, 0.2) is 6.10 Å². The maximum Gasteiger partial charge on any atom is 0.324 e. The molecular formula is C14H15ClN2O4. The van der Waals surface area contributed by atoms with Crippen LogP contribution in [0.25, 0.3) is 0 Å². The summed E-state index contributed by atoms with van der Waals surface area (Å²) in [5, 5.41) is 2.98. The summed E-state index contributed by atoms with van der Waals surface area (Å²) in [6.45, 7) is 2.13. The summed E-state index contributed by atoms with van der Waals surface area (Å²) in [5.74, 6) is -1.10. The second-order valence-electron chi connectivity index (χ2n) is 4.62. The standard InChI is InChI=1S/C14H15ClN2O4/c1-9(13(19)17-7-6-16-14(17)20)21-12(18)8-10-4-2-3-5-11(10)15/h2-5,9H,6-8H2,1H3,(H,16,20). The molecule has 112 valence electrons. The molecule has 1 heterocycles. The van der Waals surface area contributed by atoms with Crippen LogP contribution < -0.4 is 5.32 Å². The van der Waals surface area contributed by atoms with Crippen molar-refractivity contribution in [2.45, 2.75) is 19.4 Å². The Kier molecular flexibility index (Phi) is 4.80. The van der Waals surface area contributed by atoms with Crippen LogP contribution in [-0.4, -0.2) is 42.0 Å². The number of carbonyl (C=O) groups excluding carboxylic acids is 3. The molecule has 1 aromatic rings. The molecule has 1 aliphatic rings. The van der Waals surface area contributed by atoms with Crippen molar-refractivity contribution in [1.82, 2.24) is 10.2 Å². The van der Waals surface area contributed by atoms with Crippen LogP contribution in [0.5, 0.6) is 0 Å². The predicted molar refractivity (Wildman–Crippen MR) is 75.8 cm³/mol. The summed E-state index contributed by atoms with van der Waals surface area (Å²) >= 11 is 5.95. The number of ether oxygens (including phenoxy) is 1. The number of hydrogen-bond donors (Lipinski definition) is 1. The van der Waals surface area contributed by atoms with Crippen LogP contribution >= 0.6 is 11.6 Å². The molecule has 21 heavy (non-hydrogen) atoms. The summed E-state index contributed by atoms with van der Waals surface area (Å²) < 4.78 is 5.06. The first-order chi connectivity index (χ1) is 9.99. The first-order valence-electron chi connectivity index (χ1n) is 6.51. The number of benzene rings is 1. The van der Waals surface area contributed by atoms with Crippen molar-refractivity contribution in [2.75, 3.05) is 13.1 Å². The molecule has 1 atom stereocenters. The van der Waals surface area contributed by atoms with Gasteiger partial charge in [0.25, 0.3) is 5.91 Å². The number of esters is 1. The molecule has 1 unspecified atom stereocenters. The fourth-order valence-electron chi connectivity index (χ4n) is 1.99. The number of urea groups is 1. The second-order valence-corrected chi connectivity index (χ2v) is 5.03. The van der Waals surface area contributed by atoms with Gasteiger partial charge in [-0.25, -0.2) is 4.79 Å². The summed E-state index contributed by atoms with van der Waals surface area (Å²) in [6.07, 6.45) is -1.03. The minimum Gasteiger partial charge on any atom is -0.452 e. The average molecular weight is 311 g/mol. The van der Waals surface area contributed by atoms with E-state index in [-0.39, 0.29) is 13.0 Å². The van der Waals surface area contributed by atoms with Crippen molar-refractivity contribution >= 4 is 29.5 Å². The van der Waals surface area contributed by atoms with Crippen LogP contribution in [0.1, 0.15) is 12.5 Å². The third-order valence-corrected chi connectivity index (χ3v) is 3.44. The molecule has 0 bridgehead atoms. The van der Waals surface area contributed by atoms with E-state index < -0.39 is 24.0 Å². The quantitative estimate of drug-likeness (QED) is 0.852. The zero-order valence-electron chi connectivity index (χ0n) is 11.5. The first-order valence-corrected chi connectivity index (χ1v) is 6.89. The molecule has 0 aromatic heterocycles. The van der Waals surface area contributed by atoms with E-state index in [2.05, 4.69) is 5.32 Å². The number of hydrogen-bond acceptors (Lipinski definition) is 4. The first kappa shape index (κ1) is 15.3. The Labute approximate surface area is 127 Å². The number of rotatable bonds is 4. The van der Waals surface area contributed by atoms with E-state index in [4.69, 9.17) is 16.3 Å². The number of imide groups is 1. The molecule has 0 saturated carbocycles. The predicted octanol–water partition coefficient (Wildman–Crippen LogP) is 1.37. The van der Waals surface area contributed by atoms with Gasteiger partial charge in [0.05, 0.1) is 6.42 Å². The highest BCUT2D eigenvalue weighted by atomic mass is 35.5. The van der Waals surface area contributed by atoms with Crippen molar-refractivity contribution in [3.05, 3.63) is 34.9 Å². The van der Waals surface area contributed by atoms with Gasteiger partial charge in [-0.15, -0.1) is 0 Å². The Hall–Kier alpha value is -2.08. The van der Waals surface area contributed by atoms with Gasteiger partial charge in [0, 0.05) is 18.1 Å². The summed E-state index contributed by atoms with van der Waals surface area (Å²) in [7, 11) is 0. The highest BCUT2D eigenvalue weighted by molar-refractivity contribution is 6.31. The Morgan fingerprint density at radius 1 is 1.43 bits per heavy atom. The number of halogens is 1. The van der Waals surface area contributed by atoms with E-state index in [0.717, 1.165) is 4.90 Å². The smallest absolute Gasteiger partial charge is 0.324 e. The molecule has 1 N–H and O–H groups in total. The molecule has 2 rings (SSSR count). The van der Waals surface area contributed by atoms with Gasteiger partial charge in [-0.3, -0.25) is 14.5 Å². The Balaban J connectivity index is 1.91. The van der Waals surface area contributed by atoms with E-state index in [1.807, 2.05) is 0 Å². The zero-order chi connectivity index (χ0) is 15.4. The third-order valence-electron chi connectivity index (χ3n) is 3.07. The third kappa shape index (κ3) is 3.72. The van der Waals surface area contributed by atoms with E-state index in [1.165, 1.54) is 6.92 Å². The Bertz CT molecular complexity index is 576. The fourth-order valence-corrected chi connectivity index (χ4v) is 2.19. The number of carbonyl (C=O) groups is 3. The van der Waals surface area contributed by atoms with E-state index >= 15 is 0 Å². The molecule has 1 fully saturated rings. The lowest BCUT2D eigenvalue weighted by Crippen LogP contribution is -2.42. The van der Waals surface area contributed by atoms with Crippen LogP contribution in [0.2, 0.25) is 5.02 Å². The average Bonchev–Trinajstić information content (AvgIpc) is 2.86. The molecule has 0 aliphatic carbocycles. The lowest BCUT2D eigenvalue weighted by molar-refractivity contribution is -0.156. The van der Waals surface area contributed by atoms with E-state index in [9.17, 15) is 14.4 Å². The summed E-state index contributed by atoms with van der Waals surface area (Å²) in [4.78, 5) is 36.2. The van der Waals surface area contributed by atoms with Crippen molar-refractivity contribution < 1.29 is 19.1 Å². The van der Waals surface area contributed by atoms with Crippen LogP contribution in [0.4, 0.5) is 4.79 Å². The lowest BCUT2D eigenvalue weighted by Gasteiger charge is -2.18. The molecule has 0 spiro atoms. The lowest BCUT2D eigenvalue weighted by atomic mass is 10.1. The molecule has 3 amide bonds. The van der Waals surface area contributed by atoms with Crippen LogP contribution in [0.15, 0.2) is 24.3 Å². The molecular weight excluding hydrogens is 296 g/mol.